The SMILES string of the molecule is C=C1C(=C)N(C2(C)CC2)C=CN1Cc1ccc(-c2ccccc2F)nn1. The van der Waals surface area contributed by atoms with Crippen molar-refractivity contribution >= 4 is 0 Å². The summed E-state index contributed by atoms with van der Waals surface area (Å²) in [5.41, 5.74) is 3.73. The van der Waals surface area contributed by atoms with E-state index in [1.807, 2.05) is 17.2 Å². The Morgan fingerprint density at radius 1 is 1.04 bits per heavy atom. The maximum Gasteiger partial charge on any atom is 0.132 e. The Labute approximate surface area is 153 Å². The second-order valence-corrected chi connectivity index (χ2v) is 7.08. The summed E-state index contributed by atoms with van der Waals surface area (Å²) in [6.07, 6.45) is 6.41. The van der Waals surface area contributed by atoms with E-state index in [1.54, 1.807) is 24.3 Å². The van der Waals surface area contributed by atoms with Crippen LogP contribution in [0.4, 0.5) is 4.39 Å². The number of hydrogen-bond donors (Lipinski definition) is 0. The van der Waals surface area contributed by atoms with Gasteiger partial charge in [-0.2, -0.15) is 10.2 Å². The predicted octanol–water partition coefficient (Wildman–Crippen LogP) is 4.45. The highest BCUT2D eigenvalue weighted by molar-refractivity contribution is 5.59. The van der Waals surface area contributed by atoms with Gasteiger partial charge in [-0.25, -0.2) is 4.39 Å². The first-order chi connectivity index (χ1) is 12.5. The molecule has 0 N–H and O–H groups in total. The monoisotopic (exact) mass is 348 g/mol. The van der Waals surface area contributed by atoms with Gasteiger partial charge in [0.1, 0.15) is 5.82 Å². The standard InChI is InChI=1S/C21H21FN4/c1-15-16(2)26(21(3)10-11-21)13-12-25(15)14-17-8-9-20(24-23-17)18-6-4-5-7-19(18)22/h4-9,12-13H,1-2,10-11,14H2,3H3. The molecule has 1 fully saturated rings. The van der Waals surface area contributed by atoms with Crippen LogP contribution in [0.1, 0.15) is 25.5 Å². The molecule has 0 amide bonds. The van der Waals surface area contributed by atoms with Crippen LogP contribution in [0, 0.1) is 5.82 Å². The number of rotatable bonds is 4. The molecule has 1 aliphatic carbocycles. The van der Waals surface area contributed by atoms with Gasteiger partial charge < -0.3 is 9.80 Å². The van der Waals surface area contributed by atoms with Crippen molar-refractivity contribution < 1.29 is 4.39 Å². The summed E-state index contributed by atoms with van der Waals surface area (Å²) in [7, 11) is 0. The van der Waals surface area contributed by atoms with Crippen LogP contribution in [-0.2, 0) is 6.54 Å². The number of aromatic nitrogens is 2. The molecule has 26 heavy (non-hydrogen) atoms. The summed E-state index contributed by atoms with van der Waals surface area (Å²) in [6.45, 7) is 11.2. The fourth-order valence-electron chi connectivity index (χ4n) is 3.14. The van der Waals surface area contributed by atoms with Crippen LogP contribution < -0.4 is 0 Å². The van der Waals surface area contributed by atoms with Crippen molar-refractivity contribution in [3.8, 4) is 11.3 Å². The second-order valence-electron chi connectivity index (χ2n) is 7.08. The van der Waals surface area contributed by atoms with Crippen molar-refractivity contribution in [1.29, 1.82) is 0 Å². The fraction of sp³-hybridized carbons (Fsp3) is 0.238. The molecule has 1 saturated carbocycles. The van der Waals surface area contributed by atoms with Crippen LogP contribution in [0.3, 0.4) is 0 Å². The van der Waals surface area contributed by atoms with Crippen molar-refractivity contribution in [1.82, 2.24) is 20.0 Å². The highest BCUT2D eigenvalue weighted by atomic mass is 19.1. The van der Waals surface area contributed by atoms with Gasteiger partial charge in [0.2, 0.25) is 0 Å². The summed E-state index contributed by atoms with van der Waals surface area (Å²) in [5.74, 6) is -0.299. The number of halogens is 1. The van der Waals surface area contributed by atoms with Gasteiger partial charge in [0.15, 0.2) is 0 Å². The molecule has 4 nitrogen and oxygen atoms in total. The Hall–Kier alpha value is -2.95. The van der Waals surface area contributed by atoms with Crippen LogP contribution in [0.25, 0.3) is 11.3 Å². The second kappa shape index (κ2) is 6.09. The molecule has 0 bridgehead atoms. The summed E-state index contributed by atoms with van der Waals surface area (Å²) in [4.78, 5) is 4.22. The Morgan fingerprint density at radius 2 is 1.81 bits per heavy atom. The highest BCUT2D eigenvalue weighted by Gasteiger charge is 2.44. The minimum atomic E-state index is -0.299. The van der Waals surface area contributed by atoms with Crippen LogP contribution >= 0.6 is 0 Å². The molecule has 1 aromatic carbocycles. The van der Waals surface area contributed by atoms with E-state index in [1.165, 1.54) is 18.9 Å². The molecule has 5 heteroatoms. The molecule has 0 saturated heterocycles. The lowest BCUT2D eigenvalue weighted by Gasteiger charge is -2.38. The first-order valence-corrected chi connectivity index (χ1v) is 8.68. The smallest absolute Gasteiger partial charge is 0.132 e. The largest absolute Gasteiger partial charge is 0.339 e. The molecule has 132 valence electrons. The third-order valence-electron chi connectivity index (χ3n) is 5.12. The molecule has 0 atom stereocenters. The van der Waals surface area contributed by atoms with Crippen LogP contribution in [0.5, 0.6) is 0 Å². The average Bonchev–Trinajstić information content (AvgIpc) is 3.38. The zero-order valence-electron chi connectivity index (χ0n) is 14.8. The number of hydrogen-bond acceptors (Lipinski definition) is 4. The molecular formula is C21H21FN4. The van der Waals surface area contributed by atoms with Gasteiger partial charge in [0.25, 0.3) is 0 Å². The van der Waals surface area contributed by atoms with Crippen molar-refractivity contribution in [2.75, 3.05) is 0 Å². The maximum absolute atomic E-state index is 13.9. The highest BCUT2D eigenvalue weighted by Crippen LogP contribution is 2.45. The van der Waals surface area contributed by atoms with Crippen molar-refractivity contribution in [3.05, 3.63) is 84.9 Å². The lowest BCUT2D eigenvalue weighted by molar-refractivity contribution is 0.294. The van der Waals surface area contributed by atoms with E-state index in [-0.39, 0.29) is 11.4 Å². The Bertz CT molecular complexity index is 896. The Balaban J connectivity index is 1.50. The topological polar surface area (TPSA) is 32.3 Å². The van der Waals surface area contributed by atoms with Gasteiger partial charge in [0.05, 0.1) is 29.3 Å². The van der Waals surface area contributed by atoms with E-state index in [9.17, 15) is 4.39 Å². The normalized spacial score (nSPS) is 18.4. The van der Waals surface area contributed by atoms with Gasteiger partial charge in [0, 0.05) is 23.5 Å². The van der Waals surface area contributed by atoms with Gasteiger partial charge in [-0.05, 0) is 44.0 Å². The van der Waals surface area contributed by atoms with Gasteiger partial charge in [-0.3, -0.25) is 0 Å². The zero-order chi connectivity index (χ0) is 18.3. The van der Waals surface area contributed by atoms with Crippen LogP contribution in [0.15, 0.2) is 73.4 Å². The fourth-order valence-corrected chi connectivity index (χ4v) is 3.14. The number of nitrogens with zero attached hydrogens (tertiary/aromatic N) is 4. The third-order valence-corrected chi connectivity index (χ3v) is 5.12. The summed E-state index contributed by atoms with van der Waals surface area (Å²) >= 11 is 0. The average molecular weight is 348 g/mol. The Morgan fingerprint density at radius 3 is 2.46 bits per heavy atom. The quantitative estimate of drug-likeness (QED) is 0.817. The Kier molecular flexibility index (Phi) is 3.87. The van der Waals surface area contributed by atoms with E-state index in [4.69, 9.17) is 0 Å². The van der Waals surface area contributed by atoms with Gasteiger partial charge in [-0.15, -0.1) is 0 Å². The van der Waals surface area contributed by atoms with E-state index in [2.05, 4.69) is 41.4 Å². The lowest BCUT2D eigenvalue weighted by Crippen LogP contribution is -2.36. The van der Waals surface area contributed by atoms with Crippen molar-refractivity contribution in [2.24, 2.45) is 0 Å². The molecular weight excluding hydrogens is 327 g/mol. The van der Waals surface area contributed by atoms with E-state index in [0.29, 0.717) is 17.8 Å². The van der Waals surface area contributed by atoms with Crippen LogP contribution in [0.2, 0.25) is 0 Å². The predicted molar refractivity (Wildman–Crippen MR) is 99.9 cm³/mol. The van der Waals surface area contributed by atoms with E-state index in [0.717, 1.165) is 17.1 Å². The first kappa shape index (κ1) is 16.5. The van der Waals surface area contributed by atoms with E-state index < -0.39 is 0 Å². The molecule has 1 aliphatic heterocycles. The van der Waals surface area contributed by atoms with Gasteiger partial charge in [-0.1, -0.05) is 25.3 Å². The van der Waals surface area contributed by atoms with E-state index >= 15 is 0 Å². The van der Waals surface area contributed by atoms with Gasteiger partial charge >= 0.3 is 0 Å². The first-order valence-electron chi connectivity index (χ1n) is 8.68. The number of benzene rings is 1. The van der Waals surface area contributed by atoms with Crippen LogP contribution in [-0.4, -0.2) is 25.5 Å². The lowest BCUT2D eigenvalue weighted by atomic mass is 10.1. The summed E-state index contributed by atoms with van der Waals surface area (Å²) < 4.78 is 13.9. The minimum Gasteiger partial charge on any atom is -0.339 e. The molecule has 2 aliphatic rings. The van der Waals surface area contributed by atoms with Crippen molar-refractivity contribution in [2.45, 2.75) is 31.8 Å². The molecule has 1 aromatic heterocycles. The van der Waals surface area contributed by atoms with Crippen molar-refractivity contribution in [3.63, 3.8) is 0 Å². The molecule has 0 unspecified atom stereocenters. The molecule has 2 aromatic rings. The molecule has 0 spiro atoms. The summed E-state index contributed by atoms with van der Waals surface area (Å²) in [6, 6.07) is 10.2. The molecule has 4 rings (SSSR count). The summed E-state index contributed by atoms with van der Waals surface area (Å²) in [5, 5.41) is 8.43. The minimum absolute atomic E-state index is 0.184. The maximum atomic E-state index is 13.9. The molecule has 2 heterocycles. The molecule has 0 radical (unpaired) electrons. The zero-order valence-corrected chi connectivity index (χ0v) is 14.8. The third kappa shape index (κ3) is 2.90.